The van der Waals surface area contributed by atoms with Crippen molar-refractivity contribution < 1.29 is 46.4 Å². The SMILES string of the molecule is O=S(=O)(O)CCCN1[C@H](O)c2ccc3c4c(ccc(c24)[C@@H]1O)[C@@H](O)N(CCCS(=O)(=O)O)[C@H]3O. The molecule has 0 unspecified atom stereocenters. The van der Waals surface area contributed by atoms with Crippen molar-refractivity contribution in [2.45, 2.75) is 37.8 Å². The highest BCUT2D eigenvalue weighted by Crippen LogP contribution is 2.48. The molecule has 6 N–H and O–H groups in total. The van der Waals surface area contributed by atoms with Crippen LogP contribution in [0.25, 0.3) is 10.8 Å². The number of nitrogens with zero attached hydrogens (tertiary/aromatic N) is 2. The molecule has 4 atom stereocenters. The lowest BCUT2D eigenvalue weighted by Gasteiger charge is -2.42. The highest BCUT2D eigenvalue weighted by Gasteiger charge is 2.39. The van der Waals surface area contributed by atoms with E-state index in [9.17, 15) is 37.3 Å². The topological polar surface area (TPSA) is 196 Å². The van der Waals surface area contributed by atoms with E-state index >= 15 is 0 Å². The minimum atomic E-state index is -4.20. The molecule has 188 valence electrons. The quantitative estimate of drug-likeness (QED) is 0.256. The van der Waals surface area contributed by atoms with Crippen molar-refractivity contribution in [2.24, 2.45) is 0 Å². The van der Waals surface area contributed by atoms with Crippen molar-refractivity contribution >= 4 is 31.0 Å². The molecule has 34 heavy (non-hydrogen) atoms. The molecule has 4 rings (SSSR count). The van der Waals surface area contributed by atoms with E-state index in [1.165, 1.54) is 9.80 Å². The summed E-state index contributed by atoms with van der Waals surface area (Å²) in [7, 11) is -8.40. The van der Waals surface area contributed by atoms with Crippen LogP contribution in [0, 0.1) is 0 Å². The molecule has 2 aromatic carbocycles. The first-order chi connectivity index (χ1) is 15.8. The molecule has 2 aromatic rings. The number of hydrogen-bond donors (Lipinski definition) is 6. The lowest BCUT2D eigenvalue weighted by Crippen LogP contribution is -2.40. The van der Waals surface area contributed by atoms with Gasteiger partial charge in [-0.3, -0.25) is 9.11 Å². The average Bonchev–Trinajstić information content (AvgIpc) is 2.73. The van der Waals surface area contributed by atoms with Crippen molar-refractivity contribution in [3.63, 3.8) is 0 Å². The van der Waals surface area contributed by atoms with Gasteiger partial charge in [0.2, 0.25) is 0 Å². The normalized spacial score (nSPS) is 25.7. The van der Waals surface area contributed by atoms with Crippen LogP contribution in [0.4, 0.5) is 0 Å². The first kappa shape index (κ1) is 25.4. The maximum Gasteiger partial charge on any atom is 0.264 e. The number of hydrogen-bond acceptors (Lipinski definition) is 10. The van der Waals surface area contributed by atoms with E-state index in [-0.39, 0.29) is 25.9 Å². The molecule has 2 aliphatic rings. The zero-order valence-electron chi connectivity index (χ0n) is 17.9. The van der Waals surface area contributed by atoms with E-state index in [0.29, 0.717) is 33.0 Å². The van der Waals surface area contributed by atoms with Crippen molar-refractivity contribution in [1.29, 1.82) is 0 Å². The summed E-state index contributed by atoms with van der Waals surface area (Å²) in [6.07, 6.45) is -5.30. The third-order valence-electron chi connectivity index (χ3n) is 6.30. The third-order valence-corrected chi connectivity index (χ3v) is 7.91. The van der Waals surface area contributed by atoms with Crippen molar-refractivity contribution in [1.82, 2.24) is 9.80 Å². The largest absolute Gasteiger partial charge is 0.374 e. The number of aliphatic hydroxyl groups excluding tert-OH is 4. The fraction of sp³-hybridized carbons (Fsp3) is 0.500. The monoisotopic (exact) mass is 518 g/mol. The van der Waals surface area contributed by atoms with Gasteiger partial charge < -0.3 is 20.4 Å². The molecule has 0 aliphatic carbocycles. The first-order valence-electron chi connectivity index (χ1n) is 10.5. The molecule has 0 amide bonds. The highest BCUT2D eigenvalue weighted by atomic mass is 32.2. The molecule has 0 spiro atoms. The van der Waals surface area contributed by atoms with E-state index in [0.717, 1.165) is 0 Å². The lowest BCUT2D eigenvalue weighted by atomic mass is 9.84. The predicted octanol–water partition coefficient (Wildman–Crippen LogP) is -0.00960. The summed E-state index contributed by atoms with van der Waals surface area (Å²) in [6.45, 7) is -0.0568. The fourth-order valence-corrected chi connectivity index (χ4v) is 5.78. The maximum absolute atomic E-state index is 11.0. The van der Waals surface area contributed by atoms with Gasteiger partial charge in [0.15, 0.2) is 0 Å². The Hall–Kier alpha value is -1.72. The summed E-state index contributed by atoms with van der Waals surface area (Å²) < 4.78 is 62.0. The van der Waals surface area contributed by atoms with Gasteiger partial charge in [-0.05, 0) is 23.6 Å². The molecular formula is C20H26N2O10S2. The smallest absolute Gasteiger partial charge is 0.264 e. The van der Waals surface area contributed by atoms with Crippen LogP contribution in [0.2, 0.25) is 0 Å². The van der Waals surface area contributed by atoms with Crippen LogP contribution in [-0.4, -0.2) is 80.8 Å². The Bertz CT molecular complexity index is 1160. The van der Waals surface area contributed by atoms with E-state index in [1.54, 1.807) is 24.3 Å². The average molecular weight is 519 g/mol. The Morgan fingerprint density at radius 3 is 1.09 bits per heavy atom. The second-order valence-corrected chi connectivity index (χ2v) is 11.6. The van der Waals surface area contributed by atoms with Crippen LogP contribution >= 0.6 is 0 Å². The molecule has 0 aromatic heterocycles. The summed E-state index contributed by atoms with van der Waals surface area (Å²) >= 11 is 0. The third kappa shape index (κ3) is 4.70. The Balaban J connectivity index is 1.69. The van der Waals surface area contributed by atoms with Gasteiger partial charge in [0.25, 0.3) is 20.2 Å². The Labute approximate surface area is 196 Å². The number of rotatable bonds is 8. The summed E-state index contributed by atoms with van der Waals surface area (Å²) in [5, 5.41) is 44.6. The van der Waals surface area contributed by atoms with Gasteiger partial charge in [-0.15, -0.1) is 0 Å². The molecule has 0 radical (unpaired) electrons. The first-order valence-corrected chi connectivity index (χ1v) is 13.8. The van der Waals surface area contributed by atoms with Crippen LogP contribution in [0.5, 0.6) is 0 Å². The van der Waals surface area contributed by atoms with Crippen LogP contribution in [0.3, 0.4) is 0 Å². The summed E-state index contributed by atoms with van der Waals surface area (Å²) in [5.74, 6) is -1.07. The Morgan fingerprint density at radius 2 is 0.853 bits per heavy atom. The standard InChI is InChI=1S/C20H26N2O10S2/c23-17-11-3-5-13-16-14(20(26)22(19(13)25)8-2-10-34(30,31)32)6-4-12(15(11)16)18(24)21(17)7-1-9-33(27,28)29/h3-6,17-20,23-26H,1-2,7-10H2,(H,27,28,29)(H,30,31,32)/t17-,18+,19+,20-. The fourth-order valence-electron chi connectivity index (χ4n) is 4.79. The molecule has 2 aliphatic heterocycles. The van der Waals surface area contributed by atoms with Gasteiger partial charge in [-0.2, -0.15) is 16.8 Å². The lowest BCUT2D eigenvalue weighted by molar-refractivity contribution is -0.114. The van der Waals surface area contributed by atoms with Crippen LogP contribution < -0.4 is 0 Å². The summed E-state index contributed by atoms with van der Waals surface area (Å²) in [5.41, 5.74) is 1.58. The zero-order chi connectivity index (χ0) is 25.0. The summed E-state index contributed by atoms with van der Waals surface area (Å²) in [6, 6.07) is 6.26. The van der Waals surface area contributed by atoms with Gasteiger partial charge in [0.1, 0.15) is 24.9 Å². The highest BCUT2D eigenvalue weighted by molar-refractivity contribution is 7.86. The van der Waals surface area contributed by atoms with E-state index < -0.39 is 56.7 Å². The molecule has 0 saturated carbocycles. The van der Waals surface area contributed by atoms with E-state index in [4.69, 9.17) is 9.11 Å². The minimum Gasteiger partial charge on any atom is -0.374 e. The van der Waals surface area contributed by atoms with Gasteiger partial charge >= 0.3 is 0 Å². The molecule has 12 nitrogen and oxygen atoms in total. The van der Waals surface area contributed by atoms with E-state index in [2.05, 4.69) is 0 Å². The van der Waals surface area contributed by atoms with Gasteiger partial charge in [0.05, 0.1) is 11.5 Å². The molecule has 0 bridgehead atoms. The Kier molecular flexibility index (Phi) is 6.76. The van der Waals surface area contributed by atoms with Crippen LogP contribution in [-0.2, 0) is 20.2 Å². The van der Waals surface area contributed by atoms with Crippen molar-refractivity contribution in [2.75, 3.05) is 24.6 Å². The van der Waals surface area contributed by atoms with Crippen LogP contribution in [0.1, 0.15) is 60.0 Å². The van der Waals surface area contributed by atoms with E-state index in [1.807, 2.05) is 0 Å². The Morgan fingerprint density at radius 1 is 0.588 bits per heavy atom. The maximum atomic E-state index is 11.0. The van der Waals surface area contributed by atoms with Gasteiger partial charge in [-0.25, -0.2) is 9.80 Å². The molecule has 2 heterocycles. The van der Waals surface area contributed by atoms with Gasteiger partial charge in [-0.1, -0.05) is 24.3 Å². The molecule has 0 saturated heterocycles. The molecule has 0 fully saturated rings. The van der Waals surface area contributed by atoms with Gasteiger partial charge in [0, 0.05) is 35.3 Å². The minimum absolute atomic E-state index is 0.0284. The second kappa shape index (κ2) is 9.05. The molecular weight excluding hydrogens is 492 g/mol. The number of benzene rings is 2. The van der Waals surface area contributed by atoms with Crippen molar-refractivity contribution in [3.8, 4) is 0 Å². The number of aliphatic hydroxyl groups is 4. The summed E-state index contributed by atoms with van der Waals surface area (Å²) in [4.78, 5) is 2.56. The van der Waals surface area contributed by atoms with Crippen molar-refractivity contribution in [3.05, 3.63) is 46.5 Å². The zero-order valence-corrected chi connectivity index (χ0v) is 19.5. The second-order valence-electron chi connectivity index (χ2n) is 8.49. The van der Waals surface area contributed by atoms with Crippen LogP contribution in [0.15, 0.2) is 24.3 Å². The predicted molar refractivity (Wildman–Crippen MR) is 119 cm³/mol. The molecule has 14 heteroatoms.